The molecule has 0 N–H and O–H groups in total. The summed E-state index contributed by atoms with van der Waals surface area (Å²) in [6.07, 6.45) is -5.77. The van der Waals surface area contributed by atoms with Crippen LogP contribution in [0.25, 0.3) is 0 Å². The summed E-state index contributed by atoms with van der Waals surface area (Å²) in [5, 5.41) is 0. The summed E-state index contributed by atoms with van der Waals surface area (Å²) < 4.78 is 75.5. The van der Waals surface area contributed by atoms with Crippen LogP contribution >= 0.6 is 0 Å². The highest BCUT2D eigenvalue weighted by atomic mass is 32.2. The zero-order valence-corrected chi connectivity index (χ0v) is 15.0. The molecular weight excluding hydrogens is 368 g/mol. The lowest BCUT2D eigenvalue weighted by molar-refractivity contribution is -0.438. The highest BCUT2D eigenvalue weighted by Gasteiger charge is 2.61. The first-order chi connectivity index (χ1) is 11.1. The Hall–Kier alpha value is -0.420. The summed E-state index contributed by atoms with van der Waals surface area (Å²) in [5.41, 5.74) is 0. The Bertz CT molecular complexity index is 647. The first-order valence-corrected chi connectivity index (χ1v) is 9.90. The number of ether oxygens (including phenoxy) is 4. The summed E-state index contributed by atoms with van der Waals surface area (Å²) in [7, 11) is -1.93. The molecule has 0 aliphatic carbocycles. The average molecular weight is 386 g/mol. The first-order valence-electron chi connectivity index (χ1n) is 7.10. The maximum absolute atomic E-state index is 12.2. The smallest absolute Gasteiger partial charge is 0.286 e. The van der Waals surface area contributed by atoms with E-state index in [1.807, 2.05) is 0 Å². The zero-order valence-electron chi connectivity index (χ0n) is 13.3. The van der Waals surface area contributed by atoms with Crippen molar-refractivity contribution in [1.82, 2.24) is 17.2 Å². The van der Waals surface area contributed by atoms with Gasteiger partial charge in [-0.05, 0) is 0 Å². The summed E-state index contributed by atoms with van der Waals surface area (Å²) in [6, 6.07) is 0. The predicted octanol–water partition coefficient (Wildman–Crippen LogP) is -2.72. The molecule has 0 unspecified atom stereocenters. The van der Waals surface area contributed by atoms with Crippen molar-refractivity contribution in [2.24, 2.45) is 0 Å². The predicted molar refractivity (Wildman–Crippen MR) is 76.0 cm³/mol. The molecule has 4 fully saturated rings. The fourth-order valence-electron chi connectivity index (χ4n) is 3.13. The van der Waals surface area contributed by atoms with Crippen LogP contribution in [0.1, 0.15) is 0 Å². The number of nitrogens with zero attached hydrogens (tertiary/aromatic N) is 4. The highest BCUT2D eigenvalue weighted by molar-refractivity contribution is 7.87. The van der Waals surface area contributed by atoms with Crippen LogP contribution in [0.15, 0.2) is 0 Å². The van der Waals surface area contributed by atoms with Crippen LogP contribution in [-0.2, 0) is 39.4 Å². The van der Waals surface area contributed by atoms with Crippen molar-refractivity contribution >= 4 is 20.4 Å². The van der Waals surface area contributed by atoms with E-state index in [0.29, 0.717) is 0 Å². The quantitative estimate of drug-likeness (QED) is 0.441. The zero-order chi connectivity index (χ0) is 17.6. The highest BCUT2D eigenvalue weighted by Crippen LogP contribution is 2.40. The SMILES string of the molecule is CN1[C@@H]2OC3O[C@@H]4[C@@H](OC3O[C@H]2N(C)S1(=O)=O)N(C)S(=O)(=O)N4C. The molecule has 0 bridgehead atoms. The minimum Gasteiger partial charge on any atom is -0.324 e. The Morgan fingerprint density at radius 2 is 0.750 bits per heavy atom. The summed E-state index contributed by atoms with van der Waals surface area (Å²) >= 11 is 0. The molecule has 0 saturated carbocycles. The Kier molecular flexibility index (Phi) is 3.59. The number of likely N-dealkylation sites (N-methyl/N-ethyl adjacent to an activating group) is 4. The van der Waals surface area contributed by atoms with Crippen LogP contribution in [-0.4, -0.2) is 99.7 Å². The van der Waals surface area contributed by atoms with Crippen molar-refractivity contribution in [3.63, 3.8) is 0 Å². The summed E-state index contributed by atoms with van der Waals surface area (Å²) in [4.78, 5) is 0. The summed E-state index contributed by atoms with van der Waals surface area (Å²) in [5.74, 6) is 0. The van der Waals surface area contributed by atoms with Crippen molar-refractivity contribution < 1.29 is 35.8 Å². The molecule has 4 rings (SSSR count). The van der Waals surface area contributed by atoms with Crippen LogP contribution in [0.3, 0.4) is 0 Å². The van der Waals surface area contributed by atoms with Gasteiger partial charge >= 0.3 is 0 Å². The van der Waals surface area contributed by atoms with Crippen LogP contribution < -0.4 is 0 Å². The Morgan fingerprint density at radius 3 is 0.958 bits per heavy atom. The van der Waals surface area contributed by atoms with Crippen LogP contribution in [0, 0.1) is 0 Å². The van der Waals surface area contributed by atoms with Gasteiger partial charge in [-0.25, -0.2) is 0 Å². The van der Waals surface area contributed by atoms with Gasteiger partial charge in [0.15, 0.2) is 24.9 Å². The number of fused-ring (bicyclic) bond motifs is 3. The monoisotopic (exact) mass is 386 g/mol. The van der Waals surface area contributed by atoms with E-state index in [0.717, 1.165) is 17.2 Å². The third-order valence-corrected chi connectivity index (χ3v) is 8.44. The van der Waals surface area contributed by atoms with Gasteiger partial charge in [-0.1, -0.05) is 0 Å². The molecule has 4 aliphatic heterocycles. The topological polar surface area (TPSA) is 118 Å². The van der Waals surface area contributed by atoms with Gasteiger partial charge in [-0.15, -0.1) is 0 Å². The van der Waals surface area contributed by atoms with Gasteiger partial charge in [0, 0.05) is 28.2 Å². The van der Waals surface area contributed by atoms with Gasteiger partial charge in [0.2, 0.25) is 12.6 Å². The van der Waals surface area contributed by atoms with E-state index in [1.165, 1.54) is 28.2 Å². The molecule has 0 amide bonds. The Morgan fingerprint density at radius 1 is 0.542 bits per heavy atom. The molecule has 0 aromatic rings. The first kappa shape index (κ1) is 17.0. The summed E-state index contributed by atoms with van der Waals surface area (Å²) in [6.45, 7) is 0. The van der Waals surface area contributed by atoms with Crippen molar-refractivity contribution in [2.45, 2.75) is 37.5 Å². The molecule has 4 heterocycles. The second-order valence-electron chi connectivity index (χ2n) is 5.92. The molecule has 24 heavy (non-hydrogen) atoms. The minimum absolute atomic E-state index is 0.914. The van der Waals surface area contributed by atoms with Crippen molar-refractivity contribution in [3.8, 4) is 0 Å². The van der Waals surface area contributed by atoms with Crippen molar-refractivity contribution in [3.05, 3.63) is 0 Å². The van der Waals surface area contributed by atoms with E-state index in [4.69, 9.17) is 18.9 Å². The molecule has 0 aromatic heterocycles. The van der Waals surface area contributed by atoms with E-state index in [1.54, 1.807) is 0 Å². The second-order valence-corrected chi connectivity index (χ2v) is 10.0. The lowest BCUT2D eigenvalue weighted by atomic mass is 10.3. The standard InChI is InChI=1S/C10H18N4O8S2/c1-11-5-6(12(2)23(11,15)16)20-10-9(19-5)21-7-8(22-10)14(4)24(17,18)13(7)3/h5-10H,1-4H3/t5-,6-,7-,8-,9?,10?/m1/s1. The molecule has 4 atom stereocenters. The third-order valence-electron chi connectivity index (χ3n) is 4.69. The molecular formula is C10H18N4O8S2. The lowest BCUT2D eigenvalue weighted by Crippen LogP contribution is -2.62. The van der Waals surface area contributed by atoms with Gasteiger partial charge in [-0.2, -0.15) is 34.1 Å². The van der Waals surface area contributed by atoms with Gasteiger partial charge in [0.05, 0.1) is 0 Å². The van der Waals surface area contributed by atoms with Crippen molar-refractivity contribution in [1.29, 1.82) is 0 Å². The largest absolute Gasteiger partial charge is 0.324 e. The van der Waals surface area contributed by atoms with E-state index in [2.05, 4.69) is 0 Å². The normalized spacial score (nSPS) is 48.8. The maximum Gasteiger partial charge on any atom is 0.286 e. The molecule has 0 aromatic carbocycles. The molecule has 138 valence electrons. The molecule has 12 nitrogen and oxygen atoms in total. The second kappa shape index (κ2) is 5.06. The maximum atomic E-state index is 12.2. The number of hydrogen-bond donors (Lipinski definition) is 0. The van der Waals surface area contributed by atoms with Gasteiger partial charge in [0.1, 0.15) is 0 Å². The fourth-order valence-corrected chi connectivity index (χ4v) is 5.61. The van der Waals surface area contributed by atoms with Gasteiger partial charge < -0.3 is 18.9 Å². The Labute approximate surface area is 139 Å². The average Bonchev–Trinajstić information content (AvgIpc) is 2.80. The number of rotatable bonds is 0. The molecule has 0 spiro atoms. The van der Waals surface area contributed by atoms with E-state index in [9.17, 15) is 16.8 Å². The molecule has 4 aliphatic rings. The minimum atomic E-state index is -3.70. The van der Waals surface area contributed by atoms with E-state index < -0.39 is 57.9 Å². The van der Waals surface area contributed by atoms with Gasteiger partial charge in [0.25, 0.3) is 20.4 Å². The molecule has 14 heteroatoms. The lowest BCUT2D eigenvalue weighted by Gasteiger charge is -2.45. The number of hydrogen-bond acceptors (Lipinski definition) is 8. The van der Waals surface area contributed by atoms with Gasteiger partial charge in [-0.3, -0.25) is 0 Å². The van der Waals surface area contributed by atoms with Crippen LogP contribution in [0.5, 0.6) is 0 Å². The molecule has 0 radical (unpaired) electrons. The van der Waals surface area contributed by atoms with E-state index in [-0.39, 0.29) is 0 Å². The van der Waals surface area contributed by atoms with Crippen LogP contribution in [0.4, 0.5) is 0 Å². The third kappa shape index (κ3) is 2.00. The van der Waals surface area contributed by atoms with E-state index >= 15 is 0 Å². The van der Waals surface area contributed by atoms with Crippen molar-refractivity contribution in [2.75, 3.05) is 28.2 Å². The molecule has 4 saturated heterocycles. The Balaban J connectivity index is 1.62. The fraction of sp³-hybridized carbons (Fsp3) is 1.00. The van der Waals surface area contributed by atoms with Crippen LogP contribution in [0.2, 0.25) is 0 Å².